The molecule has 3 aromatic rings. The van der Waals surface area contributed by atoms with Gasteiger partial charge in [0.1, 0.15) is 0 Å². The molecular formula is C31H36N2O. The van der Waals surface area contributed by atoms with Gasteiger partial charge in [0.05, 0.1) is 0 Å². The van der Waals surface area contributed by atoms with Crippen LogP contribution in [0.25, 0.3) is 10.8 Å². The highest BCUT2D eigenvalue weighted by atomic mass is 16.1. The van der Waals surface area contributed by atoms with Crippen molar-refractivity contribution in [1.82, 2.24) is 10.2 Å². The fourth-order valence-electron chi connectivity index (χ4n) is 6.52. The van der Waals surface area contributed by atoms with Gasteiger partial charge < -0.3 is 5.32 Å². The van der Waals surface area contributed by atoms with Crippen LogP contribution in [0.4, 0.5) is 0 Å². The Morgan fingerprint density at radius 2 is 1.88 bits per heavy atom. The number of carbonyl (C=O) groups is 1. The Balaban J connectivity index is 1.14. The third-order valence-corrected chi connectivity index (χ3v) is 9.09. The smallest absolute Gasteiger partial charge is 0.251 e. The van der Waals surface area contributed by atoms with E-state index in [0.29, 0.717) is 18.5 Å². The fraction of sp³-hybridized carbons (Fsp3) is 0.452. The lowest BCUT2D eigenvalue weighted by Gasteiger charge is -2.55. The lowest BCUT2D eigenvalue weighted by atomic mass is 9.59. The van der Waals surface area contributed by atoms with Crippen LogP contribution in [-0.4, -0.2) is 36.5 Å². The van der Waals surface area contributed by atoms with Gasteiger partial charge in [-0.1, -0.05) is 62.4 Å². The van der Waals surface area contributed by atoms with Gasteiger partial charge in [-0.2, -0.15) is 0 Å². The van der Waals surface area contributed by atoms with Gasteiger partial charge in [-0.3, -0.25) is 9.69 Å². The normalized spacial score (nSPS) is 26.3. The number of rotatable bonds is 6. The lowest BCUT2D eigenvalue weighted by Crippen LogP contribution is -2.58. The molecule has 0 aromatic heterocycles. The van der Waals surface area contributed by atoms with Crippen molar-refractivity contribution in [1.29, 1.82) is 0 Å². The summed E-state index contributed by atoms with van der Waals surface area (Å²) in [7, 11) is 0. The van der Waals surface area contributed by atoms with Gasteiger partial charge in [-0.05, 0) is 95.5 Å². The number of carbonyl (C=O) groups excluding carboxylic acids is 1. The minimum absolute atomic E-state index is 0.0492. The first-order valence-corrected chi connectivity index (χ1v) is 13.1. The Kier molecular flexibility index (Phi) is 5.49. The summed E-state index contributed by atoms with van der Waals surface area (Å²) in [6, 6.07) is 22.1. The highest BCUT2D eigenvalue weighted by Crippen LogP contribution is 2.49. The maximum absolute atomic E-state index is 13.1. The summed E-state index contributed by atoms with van der Waals surface area (Å²) >= 11 is 0. The van der Waals surface area contributed by atoms with Gasteiger partial charge in [0.25, 0.3) is 5.91 Å². The first kappa shape index (κ1) is 21.9. The van der Waals surface area contributed by atoms with Crippen molar-refractivity contribution in [3.8, 4) is 0 Å². The van der Waals surface area contributed by atoms with Gasteiger partial charge >= 0.3 is 0 Å². The predicted molar refractivity (Wildman–Crippen MR) is 139 cm³/mol. The summed E-state index contributed by atoms with van der Waals surface area (Å²) in [6.07, 6.45) is 6.00. The van der Waals surface area contributed by atoms with Gasteiger partial charge in [-0.15, -0.1) is 0 Å². The third-order valence-electron chi connectivity index (χ3n) is 9.09. The molecule has 0 unspecified atom stereocenters. The summed E-state index contributed by atoms with van der Waals surface area (Å²) < 4.78 is 0. The van der Waals surface area contributed by atoms with Crippen LogP contribution in [0.2, 0.25) is 0 Å². The number of amides is 1. The zero-order chi connectivity index (χ0) is 23.3. The van der Waals surface area contributed by atoms with Crippen molar-refractivity contribution in [2.24, 2.45) is 11.8 Å². The van der Waals surface area contributed by atoms with E-state index in [0.717, 1.165) is 24.3 Å². The Hall–Kier alpha value is -2.65. The highest BCUT2D eigenvalue weighted by molar-refractivity contribution is 5.94. The zero-order valence-electron chi connectivity index (χ0n) is 20.5. The van der Waals surface area contributed by atoms with Crippen molar-refractivity contribution in [3.63, 3.8) is 0 Å². The Bertz CT molecular complexity index is 1230. The maximum atomic E-state index is 13.1. The minimum Gasteiger partial charge on any atom is -0.352 e. The summed E-state index contributed by atoms with van der Waals surface area (Å²) in [5.74, 6) is 1.62. The number of piperidine rings is 1. The second kappa shape index (κ2) is 8.53. The van der Waals surface area contributed by atoms with Crippen molar-refractivity contribution >= 4 is 16.7 Å². The molecule has 2 fully saturated rings. The van der Waals surface area contributed by atoms with Crippen molar-refractivity contribution in [2.45, 2.75) is 57.4 Å². The SMILES string of the molecule is C[C@@H]1[C@H]2Cc3ccc(C(=O)NCCc4ccc5ccccc5c4)cc3[C@]1(C)CCN2CC1CC1. The Morgan fingerprint density at radius 1 is 1.06 bits per heavy atom. The van der Waals surface area contributed by atoms with Crippen LogP contribution in [0.15, 0.2) is 60.7 Å². The lowest BCUT2D eigenvalue weighted by molar-refractivity contribution is 0.0284. The van der Waals surface area contributed by atoms with Gasteiger partial charge in [0.15, 0.2) is 0 Å². The topological polar surface area (TPSA) is 32.3 Å². The number of fused-ring (bicyclic) bond motifs is 5. The standard InChI is InChI=1S/C31H36N2O/c1-21-29-19-26-11-12-27(18-28(26)31(21,2)14-16-33(29)20-23-7-8-23)30(34)32-15-13-22-9-10-24-5-3-4-6-25(24)17-22/h3-6,9-12,17-18,21,23,29H,7-8,13-16,19-20H2,1-2H3,(H,32,34)/t21-,29-,31-/m1/s1. The molecule has 1 heterocycles. The average molecular weight is 453 g/mol. The van der Waals surface area contributed by atoms with E-state index in [1.807, 2.05) is 6.07 Å². The quantitative estimate of drug-likeness (QED) is 0.517. The zero-order valence-corrected chi connectivity index (χ0v) is 20.5. The second-order valence-electron chi connectivity index (χ2n) is 11.2. The summed E-state index contributed by atoms with van der Waals surface area (Å²) in [4.78, 5) is 15.8. The number of benzene rings is 3. The Labute approximate surface area is 203 Å². The summed E-state index contributed by atoms with van der Waals surface area (Å²) in [5, 5.41) is 5.68. The van der Waals surface area contributed by atoms with E-state index in [1.165, 1.54) is 59.8 Å². The molecule has 3 nitrogen and oxygen atoms in total. The van der Waals surface area contributed by atoms with Crippen LogP contribution in [-0.2, 0) is 18.3 Å². The van der Waals surface area contributed by atoms with Gasteiger partial charge in [0, 0.05) is 24.7 Å². The molecule has 1 amide bonds. The summed E-state index contributed by atoms with van der Waals surface area (Å²) in [5.41, 5.74) is 5.11. The molecule has 2 bridgehead atoms. The van der Waals surface area contributed by atoms with E-state index in [9.17, 15) is 4.79 Å². The molecule has 34 heavy (non-hydrogen) atoms. The van der Waals surface area contributed by atoms with E-state index in [1.54, 1.807) is 0 Å². The molecule has 6 rings (SSSR count). The van der Waals surface area contributed by atoms with E-state index in [-0.39, 0.29) is 11.3 Å². The van der Waals surface area contributed by atoms with Crippen LogP contribution in [0.5, 0.6) is 0 Å². The molecule has 3 atom stereocenters. The molecule has 0 spiro atoms. The molecule has 1 saturated carbocycles. The molecule has 176 valence electrons. The molecule has 3 heteroatoms. The molecule has 3 aliphatic rings. The Morgan fingerprint density at radius 3 is 2.71 bits per heavy atom. The fourth-order valence-corrected chi connectivity index (χ4v) is 6.52. The molecule has 1 aliphatic heterocycles. The molecular weight excluding hydrogens is 416 g/mol. The molecule has 0 radical (unpaired) electrons. The van der Waals surface area contributed by atoms with Crippen LogP contribution in [0, 0.1) is 11.8 Å². The maximum Gasteiger partial charge on any atom is 0.251 e. The van der Waals surface area contributed by atoms with E-state index in [2.05, 4.69) is 78.7 Å². The first-order valence-electron chi connectivity index (χ1n) is 13.1. The van der Waals surface area contributed by atoms with Crippen LogP contribution >= 0.6 is 0 Å². The van der Waals surface area contributed by atoms with E-state index < -0.39 is 0 Å². The third kappa shape index (κ3) is 3.94. The van der Waals surface area contributed by atoms with Crippen molar-refractivity contribution in [2.75, 3.05) is 19.6 Å². The van der Waals surface area contributed by atoms with E-state index in [4.69, 9.17) is 0 Å². The number of nitrogens with zero attached hydrogens (tertiary/aromatic N) is 1. The van der Waals surface area contributed by atoms with E-state index >= 15 is 0 Å². The predicted octanol–water partition coefficient (Wildman–Crippen LogP) is 5.75. The van der Waals surface area contributed by atoms with Crippen LogP contribution < -0.4 is 5.32 Å². The average Bonchev–Trinajstić information content (AvgIpc) is 3.67. The van der Waals surface area contributed by atoms with Gasteiger partial charge in [0.2, 0.25) is 0 Å². The second-order valence-corrected chi connectivity index (χ2v) is 11.2. The molecule has 2 aliphatic carbocycles. The van der Waals surface area contributed by atoms with Crippen LogP contribution in [0.1, 0.15) is 60.2 Å². The minimum atomic E-state index is 0.0492. The largest absolute Gasteiger partial charge is 0.352 e. The van der Waals surface area contributed by atoms with Crippen molar-refractivity contribution in [3.05, 3.63) is 82.9 Å². The van der Waals surface area contributed by atoms with Crippen LogP contribution in [0.3, 0.4) is 0 Å². The molecule has 3 aromatic carbocycles. The van der Waals surface area contributed by atoms with Crippen molar-refractivity contribution < 1.29 is 4.79 Å². The monoisotopic (exact) mass is 452 g/mol. The molecule has 1 saturated heterocycles. The number of hydrogen-bond donors (Lipinski definition) is 1. The number of likely N-dealkylation sites (tertiary alicyclic amines) is 1. The summed E-state index contributed by atoms with van der Waals surface area (Å²) in [6.45, 7) is 8.03. The number of hydrogen-bond acceptors (Lipinski definition) is 2. The number of nitrogens with one attached hydrogen (secondary N) is 1. The highest BCUT2D eigenvalue weighted by Gasteiger charge is 2.49. The first-order chi connectivity index (χ1) is 16.5. The molecule has 1 N–H and O–H groups in total. The van der Waals surface area contributed by atoms with Gasteiger partial charge in [-0.25, -0.2) is 0 Å².